The number of hydrogen-bond acceptors (Lipinski definition) is 3. The number of methoxy groups -OCH3 is 1. The minimum absolute atomic E-state index is 0. The van der Waals surface area contributed by atoms with E-state index in [2.05, 4.69) is 40.5 Å². The van der Waals surface area contributed by atoms with Crippen LogP contribution in [0.3, 0.4) is 0 Å². The number of para-hydroxylation sites is 2. The van der Waals surface area contributed by atoms with Gasteiger partial charge in [0.2, 0.25) is 0 Å². The quantitative estimate of drug-likeness (QED) is 0.604. The number of nitrogens with zero attached hydrogens (tertiary/aromatic N) is 1. The Labute approximate surface area is 161 Å². The minimum Gasteiger partial charge on any atom is -1.00 e. The largest absolute Gasteiger partial charge is 1.00 e. The van der Waals surface area contributed by atoms with Gasteiger partial charge in [-0.15, -0.1) is 0 Å². The molecule has 1 amide bonds. The molecule has 2 N–H and O–H groups in total. The van der Waals surface area contributed by atoms with Crippen molar-refractivity contribution in [3.63, 3.8) is 0 Å². The van der Waals surface area contributed by atoms with Crippen molar-refractivity contribution < 1.29 is 26.8 Å². The van der Waals surface area contributed by atoms with E-state index in [0.29, 0.717) is 17.9 Å². The van der Waals surface area contributed by atoms with Crippen LogP contribution in [0.2, 0.25) is 0 Å². The van der Waals surface area contributed by atoms with E-state index >= 15 is 0 Å². The number of carbonyl (C=O) groups excluding carboxylic acids is 1. The third-order valence-corrected chi connectivity index (χ3v) is 4.71. The van der Waals surface area contributed by atoms with Gasteiger partial charge >= 0.3 is 0 Å². The molecule has 1 aliphatic heterocycles. The summed E-state index contributed by atoms with van der Waals surface area (Å²) in [5, 5.41) is 3.01. The number of hydrogen-bond donors (Lipinski definition) is 2. The van der Waals surface area contributed by atoms with Crippen molar-refractivity contribution >= 4 is 11.6 Å². The Morgan fingerprint density at radius 3 is 2.42 bits per heavy atom. The predicted octanol–water partition coefficient (Wildman–Crippen LogP) is -2.17. The number of ether oxygens (including phenoxy) is 1. The number of rotatable bonds is 6. The Morgan fingerprint density at radius 2 is 1.73 bits per heavy atom. The van der Waals surface area contributed by atoms with Gasteiger partial charge in [-0.2, -0.15) is 0 Å². The third kappa shape index (κ3) is 5.13. The zero-order valence-electron chi connectivity index (χ0n) is 15.1. The molecular formula is C20H26ClN3O2. The van der Waals surface area contributed by atoms with Crippen molar-refractivity contribution in [1.29, 1.82) is 0 Å². The molecule has 0 atom stereocenters. The lowest BCUT2D eigenvalue weighted by Gasteiger charge is -2.33. The number of halogens is 1. The highest BCUT2D eigenvalue weighted by atomic mass is 35.5. The summed E-state index contributed by atoms with van der Waals surface area (Å²) in [6.07, 6.45) is 0. The van der Waals surface area contributed by atoms with Crippen LogP contribution in [-0.4, -0.2) is 52.3 Å². The molecular weight excluding hydrogens is 350 g/mol. The van der Waals surface area contributed by atoms with Crippen LogP contribution in [0.25, 0.3) is 0 Å². The predicted molar refractivity (Wildman–Crippen MR) is 99.5 cm³/mol. The average molecular weight is 376 g/mol. The van der Waals surface area contributed by atoms with E-state index in [-0.39, 0.29) is 18.3 Å². The Bertz CT molecular complexity index is 688. The normalized spacial score (nSPS) is 14.4. The topological polar surface area (TPSA) is 46.0 Å². The highest BCUT2D eigenvalue weighted by Gasteiger charge is 2.20. The van der Waals surface area contributed by atoms with Crippen LogP contribution >= 0.6 is 0 Å². The van der Waals surface area contributed by atoms with Crippen LogP contribution in [0.1, 0.15) is 10.4 Å². The van der Waals surface area contributed by atoms with Crippen molar-refractivity contribution in [1.82, 2.24) is 5.32 Å². The lowest BCUT2D eigenvalue weighted by atomic mass is 10.2. The fraction of sp³-hybridized carbons (Fsp3) is 0.350. The van der Waals surface area contributed by atoms with Crippen LogP contribution in [-0.2, 0) is 0 Å². The molecule has 1 fully saturated rings. The third-order valence-electron chi connectivity index (χ3n) is 4.71. The zero-order chi connectivity index (χ0) is 17.5. The van der Waals surface area contributed by atoms with Gasteiger partial charge in [0, 0.05) is 5.69 Å². The first-order valence-electron chi connectivity index (χ1n) is 8.82. The lowest BCUT2D eigenvalue weighted by Crippen LogP contribution is -3.15. The summed E-state index contributed by atoms with van der Waals surface area (Å²) in [4.78, 5) is 16.3. The first kappa shape index (κ1) is 20.1. The maximum Gasteiger partial charge on any atom is 0.255 e. The number of anilines is 1. The fourth-order valence-corrected chi connectivity index (χ4v) is 3.25. The Balaban J connectivity index is 0.00000243. The molecule has 2 aromatic carbocycles. The zero-order valence-corrected chi connectivity index (χ0v) is 15.8. The molecule has 1 aliphatic rings. The molecule has 0 spiro atoms. The number of piperazine rings is 1. The van der Waals surface area contributed by atoms with Crippen molar-refractivity contribution in [2.45, 2.75) is 0 Å². The molecule has 5 nitrogen and oxygen atoms in total. The van der Waals surface area contributed by atoms with E-state index in [1.165, 1.54) is 10.6 Å². The first-order valence-corrected chi connectivity index (χ1v) is 8.82. The number of amides is 1. The van der Waals surface area contributed by atoms with Crippen molar-refractivity contribution in [2.24, 2.45) is 0 Å². The number of quaternary nitrogens is 1. The maximum atomic E-state index is 12.3. The van der Waals surface area contributed by atoms with Crippen LogP contribution in [0.4, 0.5) is 5.69 Å². The maximum absolute atomic E-state index is 12.3. The van der Waals surface area contributed by atoms with Gasteiger partial charge in [-0.3, -0.25) is 4.79 Å². The van der Waals surface area contributed by atoms with Gasteiger partial charge in [0.05, 0.1) is 51.9 Å². The second kappa shape index (κ2) is 10.0. The van der Waals surface area contributed by atoms with Crippen molar-refractivity contribution in [2.75, 3.05) is 51.3 Å². The molecule has 3 rings (SSSR count). The van der Waals surface area contributed by atoms with Crippen molar-refractivity contribution in [3.8, 4) is 5.75 Å². The molecule has 0 unspecified atom stereocenters. The molecule has 1 saturated heterocycles. The summed E-state index contributed by atoms with van der Waals surface area (Å²) in [6.45, 7) is 5.93. The molecule has 0 saturated carbocycles. The summed E-state index contributed by atoms with van der Waals surface area (Å²) in [5.74, 6) is 0.545. The molecule has 0 radical (unpaired) electrons. The van der Waals surface area contributed by atoms with Crippen LogP contribution in [0, 0.1) is 0 Å². The number of carbonyl (C=O) groups is 1. The smallest absolute Gasteiger partial charge is 0.255 e. The Morgan fingerprint density at radius 1 is 1.08 bits per heavy atom. The SMILES string of the molecule is COc1ccccc1C(=O)NCC[NH+]1CCN(c2ccccc2)CC1.[Cl-]. The van der Waals surface area contributed by atoms with Gasteiger partial charge in [0.1, 0.15) is 5.75 Å². The van der Waals surface area contributed by atoms with E-state index in [1.807, 2.05) is 18.2 Å². The first-order chi connectivity index (χ1) is 12.3. The van der Waals surface area contributed by atoms with Crippen molar-refractivity contribution in [3.05, 3.63) is 60.2 Å². The minimum atomic E-state index is -0.0697. The van der Waals surface area contributed by atoms with Gasteiger partial charge < -0.3 is 32.3 Å². The summed E-state index contributed by atoms with van der Waals surface area (Å²) in [7, 11) is 1.59. The van der Waals surface area contributed by atoms with Crippen LogP contribution in [0.5, 0.6) is 5.75 Å². The lowest BCUT2D eigenvalue weighted by molar-refractivity contribution is -0.899. The summed E-state index contributed by atoms with van der Waals surface area (Å²) >= 11 is 0. The molecule has 1 heterocycles. The summed E-state index contributed by atoms with van der Waals surface area (Å²) in [6, 6.07) is 17.9. The molecule has 6 heteroatoms. The van der Waals surface area contributed by atoms with E-state index in [1.54, 1.807) is 13.2 Å². The second-order valence-corrected chi connectivity index (χ2v) is 6.28. The van der Waals surface area contributed by atoms with E-state index in [0.717, 1.165) is 32.7 Å². The standard InChI is InChI=1S/C20H25N3O2.ClH/c1-25-19-10-6-5-9-18(19)20(24)21-11-12-22-13-15-23(16-14-22)17-7-3-2-4-8-17;/h2-10H,11-16H2,1H3,(H,21,24);1H. The van der Waals surface area contributed by atoms with Gasteiger partial charge in [-0.25, -0.2) is 0 Å². The Hall–Kier alpha value is -2.24. The fourth-order valence-electron chi connectivity index (χ4n) is 3.25. The van der Waals surface area contributed by atoms with Gasteiger partial charge in [-0.1, -0.05) is 30.3 Å². The highest BCUT2D eigenvalue weighted by molar-refractivity contribution is 5.96. The molecule has 0 bridgehead atoms. The van der Waals surface area contributed by atoms with E-state index < -0.39 is 0 Å². The molecule has 0 aromatic heterocycles. The number of benzene rings is 2. The monoisotopic (exact) mass is 375 g/mol. The molecule has 140 valence electrons. The van der Waals surface area contributed by atoms with Crippen LogP contribution < -0.4 is 32.3 Å². The molecule has 0 aliphatic carbocycles. The summed E-state index contributed by atoms with van der Waals surface area (Å²) < 4.78 is 5.25. The summed E-state index contributed by atoms with van der Waals surface area (Å²) in [5.41, 5.74) is 1.89. The van der Waals surface area contributed by atoms with E-state index in [4.69, 9.17) is 4.74 Å². The second-order valence-electron chi connectivity index (χ2n) is 6.28. The molecule has 2 aromatic rings. The van der Waals surface area contributed by atoms with Gasteiger partial charge in [0.15, 0.2) is 0 Å². The Kier molecular flexibility index (Phi) is 7.75. The van der Waals surface area contributed by atoms with Gasteiger partial charge in [-0.05, 0) is 24.3 Å². The average Bonchev–Trinajstić information content (AvgIpc) is 2.69. The van der Waals surface area contributed by atoms with Crippen LogP contribution in [0.15, 0.2) is 54.6 Å². The highest BCUT2D eigenvalue weighted by Crippen LogP contribution is 2.16. The van der Waals surface area contributed by atoms with Gasteiger partial charge in [0.25, 0.3) is 5.91 Å². The number of nitrogens with one attached hydrogen (secondary N) is 2. The molecule has 26 heavy (non-hydrogen) atoms. The van der Waals surface area contributed by atoms with E-state index in [9.17, 15) is 4.79 Å².